The second-order valence-electron chi connectivity index (χ2n) is 4.47. The van der Waals surface area contributed by atoms with Gasteiger partial charge in [0.2, 0.25) is 10.0 Å². The minimum absolute atomic E-state index is 0.0192. The van der Waals surface area contributed by atoms with Gasteiger partial charge in [-0.25, -0.2) is 12.8 Å². The maximum atomic E-state index is 13.4. The van der Waals surface area contributed by atoms with Gasteiger partial charge in [-0.05, 0) is 52.9 Å². The summed E-state index contributed by atoms with van der Waals surface area (Å²) in [5.74, 6) is -0.0847. The van der Waals surface area contributed by atoms with Crippen LogP contribution < -0.4 is 0 Å². The van der Waals surface area contributed by atoms with Crippen LogP contribution in [-0.2, 0) is 10.0 Å². The number of hydrogen-bond acceptors (Lipinski definition) is 2. The Morgan fingerprint density at radius 2 is 2.11 bits per heavy atom. The second-order valence-corrected chi connectivity index (χ2v) is 7.27. The van der Waals surface area contributed by atoms with E-state index in [9.17, 15) is 12.8 Å². The first-order valence-corrected chi connectivity index (χ1v) is 8.13. The van der Waals surface area contributed by atoms with Gasteiger partial charge in [-0.1, -0.05) is 6.92 Å². The fourth-order valence-corrected chi connectivity index (χ4v) is 3.56. The molecule has 0 radical (unpaired) electrons. The predicted octanol–water partition coefficient (Wildman–Crippen LogP) is 3.01. The highest BCUT2D eigenvalue weighted by Crippen LogP contribution is 2.31. The number of nitrogens with zero attached hydrogens (tertiary/aromatic N) is 1. The Bertz CT molecular complexity index is 543. The number of sulfonamides is 1. The molecule has 0 aliphatic heterocycles. The molecule has 1 aliphatic rings. The largest absolute Gasteiger partial charge is 0.243 e. The average Bonchev–Trinajstić information content (AvgIpc) is 3.13. The SMILES string of the molecule is CCN(CC1CC1)S(=O)(=O)c1ccc(Br)c(F)c1. The van der Waals surface area contributed by atoms with Crippen molar-refractivity contribution in [3.63, 3.8) is 0 Å². The summed E-state index contributed by atoms with van der Waals surface area (Å²) >= 11 is 3.02. The van der Waals surface area contributed by atoms with Crippen LogP contribution in [-0.4, -0.2) is 25.8 Å². The fourth-order valence-electron chi connectivity index (χ4n) is 1.77. The molecule has 100 valence electrons. The third-order valence-corrected chi connectivity index (χ3v) is 5.62. The molecule has 18 heavy (non-hydrogen) atoms. The van der Waals surface area contributed by atoms with Crippen LogP contribution in [0.4, 0.5) is 4.39 Å². The topological polar surface area (TPSA) is 37.4 Å². The molecule has 0 atom stereocenters. The third-order valence-electron chi connectivity index (χ3n) is 3.04. The molecule has 1 aromatic rings. The van der Waals surface area contributed by atoms with Gasteiger partial charge in [-0.3, -0.25) is 0 Å². The molecule has 1 aromatic carbocycles. The van der Waals surface area contributed by atoms with Crippen molar-refractivity contribution in [2.75, 3.05) is 13.1 Å². The van der Waals surface area contributed by atoms with Crippen LogP contribution in [0.1, 0.15) is 19.8 Å². The molecule has 0 bridgehead atoms. The Hall–Kier alpha value is -0.460. The molecule has 1 saturated carbocycles. The standard InChI is InChI=1S/C12H15BrFNO2S/c1-2-15(8-9-3-4-9)18(16,17)10-5-6-11(13)12(14)7-10/h5-7,9H,2-4,8H2,1H3. The monoisotopic (exact) mass is 335 g/mol. The predicted molar refractivity (Wildman–Crippen MR) is 71.3 cm³/mol. The summed E-state index contributed by atoms with van der Waals surface area (Å²) in [6.07, 6.45) is 2.17. The molecule has 0 N–H and O–H groups in total. The molecule has 0 spiro atoms. The average molecular weight is 336 g/mol. The van der Waals surface area contributed by atoms with Crippen molar-refractivity contribution in [3.8, 4) is 0 Å². The van der Waals surface area contributed by atoms with Crippen molar-refractivity contribution < 1.29 is 12.8 Å². The Kier molecular flexibility index (Phi) is 4.08. The molecule has 2 rings (SSSR count). The van der Waals surface area contributed by atoms with Crippen LogP contribution in [0.5, 0.6) is 0 Å². The quantitative estimate of drug-likeness (QED) is 0.829. The van der Waals surface area contributed by atoms with E-state index in [0.29, 0.717) is 19.0 Å². The summed E-state index contributed by atoms with van der Waals surface area (Å²) in [4.78, 5) is 0.0192. The van der Waals surface area contributed by atoms with E-state index >= 15 is 0 Å². The normalized spacial score (nSPS) is 16.2. The minimum atomic E-state index is -3.57. The van der Waals surface area contributed by atoms with Gasteiger partial charge >= 0.3 is 0 Å². The third kappa shape index (κ3) is 2.92. The number of halogens is 2. The molecule has 1 fully saturated rings. The van der Waals surface area contributed by atoms with E-state index in [1.54, 1.807) is 6.92 Å². The lowest BCUT2D eigenvalue weighted by molar-refractivity contribution is 0.411. The zero-order valence-corrected chi connectivity index (χ0v) is 12.5. The van der Waals surface area contributed by atoms with E-state index in [1.165, 1.54) is 16.4 Å². The highest BCUT2D eigenvalue weighted by atomic mass is 79.9. The van der Waals surface area contributed by atoms with E-state index < -0.39 is 15.8 Å². The molecule has 0 unspecified atom stereocenters. The van der Waals surface area contributed by atoms with Crippen molar-refractivity contribution >= 4 is 26.0 Å². The van der Waals surface area contributed by atoms with Gasteiger partial charge in [-0.2, -0.15) is 4.31 Å². The van der Waals surface area contributed by atoms with Crippen molar-refractivity contribution in [1.82, 2.24) is 4.31 Å². The van der Waals surface area contributed by atoms with E-state index in [0.717, 1.165) is 18.9 Å². The van der Waals surface area contributed by atoms with Crippen molar-refractivity contribution in [2.24, 2.45) is 5.92 Å². The highest BCUT2D eigenvalue weighted by molar-refractivity contribution is 9.10. The van der Waals surface area contributed by atoms with Crippen molar-refractivity contribution in [1.29, 1.82) is 0 Å². The lowest BCUT2D eigenvalue weighted by atomic mass is 10.3. The lowest BCUT2D eigenvalue weighted by Gasteiger charge is -2.20. The highest BCUT2D eigenvalue weighted by Gasteiger charge is 2.30. The number of benzene rings is 1. The molecular formula is C12H15BrFNO2S. The van der Waals surface area contributed by atoms with Crippen LogP contribution in [0.25, 0.3) is 0 Å². The molecule has 6 heteroatoms. The van der Waals surface area contributed by atoms with Crippen molar-refractivity contribution in [3.05, 3.63) is 28.5 Å². The van der Waals surface area contributed by atoms with E-state index in [-0.39, 0.29) is 9.37 Å². The first-order chi connectivity index (χ1) is 8.45. The number of hydrogen-bond donors (Lipinski definition) is 0. The van der Waals surface area contributed by atoms with Gasteiger partial charge in [0.25, 0.3) is 0 Å². The summed E-state index contributed by atoms with van der Waals surface area (Å²) in [5, 5.41) is 0. The Morgan fingerprint density at radius 3 is 2.61 bits per heavy atom. The van der Waals surface area contributed by atoms with E-state index in [4.69, 9.17) is 0 Å². The summed E-state index contributed by atoms with van der Waals surface area (Å²) in [7, 11) is -3.57. The Balaban J connectivity index is 2.29. The van der Waals surface area contributed by atoms with Crippen LogP contribution in [0, 0.1) is 11.7 Å². The lowest BCUT2D eigenvalue weighted by Crippen LogP contribution is -2.32. The fraction of sp³-hybridized carbons (Fsp3) is 0.500. The molecule has 3 nitrogen and oxygen atoms in total. The smallest absolute Gasteiger partial charge is 0.207 e. The van der Waals surface area contributed by atoms with Gasteiger partial charge in [0.15, 0.2) is 0 Å². The van der Waals surface area contributed by atoms with E-state index in [2.05, 4.69) is 15.9 Å². The van der Waals surface area contributed by atoms with Crippen LogP contribution in [0.3, 0.4) is 0 Å². The number of rotatable bonds is 5. The van der Waals surface area contributed by atoms with Gasteiger partial charge < -0.3 is 0 Å². The minimum Gasteiger partial charge on any atom is -0.207 e. The van der Waals surface area contributed by atoms with Gasteiger partial charge in [0.1, 0.15) is 5.82 Å². The van der Waals surface area contributed by atoms with Crippen LogP contribution in [0.2, 0.25) is 0 Å². The second kappa shape index (κ2) is 5.27. The van der Waals surface area contributed by atoms with Crippen molar-refractivity contribution in [2.45, 2.75) is 24.7 Å². The van der Waals surface area contributed by atoms with Crippen LogP contribution >= 0.6 is 15.9 Å². The molecule has 0 amide bonds. The molecule has 1 aliphatic carbocycles. The van der Waals surface area contributed by atoms with E-state index in [1.807, 2.05) is 0 Å². The maximum absolute atomic E-state index is 13.4. The molecular weight excluding hydrogens is 321 g/mol. The zero-order chi connectivity index (χ0) is 13.3. The van der Waals surface area contributed by atoms with Crippen LogP contribution in [0.15, 0.2) is 27.6 Å². The summed E-state index contributed by atoms with van der Waals surface area (Å²) < 4.78 is 39.8. The molecule has 0 saturated heterocycles. The Morgan fingerprint density at radius 1 is 1.44 bits per heavy atom. The first kappa shape index (κ1) is 14.0. The summed E-state index contributed by atoms with van der Waals surface area (Å²) in [6, 6.07) is 3.92. The van der Waals surface area contributed by atoms with Gasteiger partial charge in [0.05, 0.1) is 9.37 Å². The molecule has 0 aromatic heterocycles. The maximum Gasteiger partial charge on any atom is 0.243 e. The first-order valence-electron chi connectivity index (χ1n) is 5.90. The Labute approximate surface area is 115 Å². The van der Waals surface area contributed by atoms with Gasteiger partial charge in [0, 0.05) is 13.1 Å². The molecule has 0 heterocycles. The summed E-state index contributed by atoms with van der Waals surface area (Å²) in [6.45, 7) is 2.75. The van der Waals surface area contributed by atoms with Gasteiger partial charge in [-0.15, -0.1) is 0 Å². The zero-order valence-electron chi connectivity index (χ0n) is 10.1. The summed E-state index contributed by atoms with van der Waals surface area (Å²) in [5.41, 5.74) is 0.